The maximum absolute atomic E-state index is 12.1. The molecular weight excluding hydrogens is 240 g/mol. The van der Waals surface area contributed by atoms with Gasteiger partial charge in [0.25, 0.3) is 0 Å². The number of carbonyl (C=O) groups excluding carboxylic acids is 1. The second kappa shape index (κ2) is 7.79. The predicted molar refractivity (Wildman–Crippen MR) is 77.7 cm³/mol. The molecule has 0 spiro atoms. The van der Waals surface area contributed by atoms with E-state index in [1.54, 1.807) is 7.11 Å². The van der Waals surface area contributed by atoms with Crippen LogP contribution < -0.4 is 5.73 Å². The molecule has 0 saturated carbocycles. The number of carbonyl (C=O) groups is 1. The maximum atomic E-state index is 12.1. The van der Waals surface area contributed by atoms with Gasteiger partial charge < -0.3 is 15.4 Å². The van der Waals surface area contributed by atoms with Gasteiger partial charge in [-0.05, 0) is 31.9 Å². The summed E-state index contributed by atoms with van der Waals surface area (Å²) >= 11 is 0. The van der Waals surface area contributed by atoms with Gasteiger partial charge in [-0.15, -0.1) is 0 Å². The van der Waals surface area contributed by atoms with E-state index in [0.29, 0.717) is 19.5 Å². The van der Waals surface area contributed by atoms with Crippen molar-refractivity contribution in [2.24, 2.45) is 0 Å². The van der Waals surface area contributed by atoms with Crippen molar-refractivity contribution in [2.75, 3.05) is 19.4 Å². The van der Waals surface area contributed by atoms with Crippen LogP contribution in [0, 0.1) is 0 Å². The second-order valence-corrected chi connectivity index (χ2v) is 4.69. The molecular formula is C15H24N2O2. The van der Waals surface area contributed by atoms with Crippen LogP contribution in [0.3, 0.4) is 0 Å². The van der Waals surface area contributed by atoms with Crippen LogP contribution in [0.5, 0.6) is 0 Å². The molecule has 0 aliphatic rings. The molecule has 4 nitrogen and oxygen atoms in total. The van der Waals surface area contributed by atoms with Crippen molar-refractivity contribution >= 4 is 11.6 Å². The number of nitrogens with zero attached hydrogens (tertiary/aromatic N) is 1. The first-order valence-corrected chi connectivity index (χ1v) is 6.72. The highest BCUT2D eigenvalue weighted by atomic mass is 16.5. The summed E-state index contributed by atoms with van der Waals surface area (Å²) in [4.78, 5) is 14.0. The largest absolute Gasteiger partial charge is 0.398 e. The summed E-state index contributed by atoms with van der Waals surface area (Å²) in [5, 5.41) is 0. The van der Waals surface area contributed by atoms with E-state index in [2.05, 4.69) is 0 Å². The Morgan fingerprint density at radius 3 is 2.68 bits per heavy atom. The van der Waals surface area contributed by atoms with Crippen LogP contribution in [0.4, 0.5) is 5.69 Å². The Kier molecular flexibility index (Phi) is 6.36. The van der Waals surface area contributed by atoms with E-state index >= 15 is 0 Å². The number of para-hydroxylation sites is 1. The van der Waals surface area contributed by atoms with Gasteiger partial charge in [0, 0.05) is 32.3 Å². The van der Waals surface area contributed by atoms with Gasteiger partial charge in [-0.3, -0.25) is 4.79 Å². The van der Waals surface area contributed by atoms with E-state index in [-0.39, 0.29) is 12.0 Å². The van der Waals surface area contributed by atoms with Crippen LogP contribution in [0.25, 0.3) is 0 Å². The van der Waals surface area contributed by atoms with Gasteiger partial charge in [-0.1, -0.05) is 18.2 Å². The molecule has 2 N–H and O–H groups in total. The average molecular weight is 264 g/mol. The summed E-state index contributed by atoms with van der Waals surface area (Å²) in [5.41, 5.74) is 7.64. The van der Waals surface area contributed by atoms with Crippen LogP contribution in [-0.2, 0) is 16.1 Å². The minimum atomic E-state index is 0.115. The molecule has 0 aromatic heterocycles. The molecule has 0 bridgehead atoms. The highest BCUT2D eigenvalue weighted by Gasteiger charge is 2.14. The zero-order chi connectivity index (χ0) is 14.3. The summed E-state index contributed by atoms with van der Waals surface area (Å²) in [7, 11) is 1.66. The second-order valence-electron chi connectivity index (χ2n) is 4.69. The Bertz CT molecular complexity index is 407. The average Bonchev–Trinajstić information content (AvgIpc) is 2.43. The summed E-state index contributed by atoms with van der Waals surface area (Å²) in [6, 6.07) is 7.66. The Balaban J connectivity index is 2.58. The SMILES string of the molecule is CCN(Cc1ccccc1N)C(=O)CCC(C)OC. The summed E-state index contributed by atoms with van der Waals surface area (Å²) in [6.45, 7) is 5.22. The fourth-order valence-corrected chi connectivity index (χ4v) is 1.86. The first-order valence-electron chi connectivity index (χ1n) is 6.72. The molecule has 0 radical (unpaired) electrons. The fourth-order valence-electron chi connectivity index (χ4n) is 1.86. The third-order valence-corrected chi connectivity index (χ3v) is 3.32. The molecule has 1 aromatic carbocycles. The van der Waals surface area contributed by atoms with E-state index in [4.69, 9.17) is 10.5 Å². The lowest BCUT2D eigenvalue weighted by Crippen LogP contribution is -2.31. The smallest absolute Gasteiger partial charge is 0.222 e. The Labute approximate surface area is 115 Å². The van der Waals surface area contributed by atoms with Crippen LogP contribution in [-0.4, -0.2) is 30.6 Å². The van der Waals surface area contributed by atoms with Gasteiger partial charge in [-0.25, -0.2) is 0 Å². The first-order chi connectivity index (χ1) is 9.08. The Hall–Kier alpha value is -1.55. The molecule has 1 unspecified atom stereocenters. The lowest BCUT2D eigenvalue weighted by Gasteiger charge is -2.22. The predicted octanol–water partition coefficient (Wildman–Crippen LogP) is 2.43. The minimum absolute atomic E-state index is 0.115. The van der Waals surface area contributed by atoms with E-state index < -0.39 is 0 Å². The number of nitrogens with two attached hydrogens (primary N) is 1. The maximum Gasteiger partial charge on any atom is 0.222 e. The molecule has 1 rings (SSSR count). The molecule has 1 atom stereocenters. The quantitative estimate of drug-likeness (QED) is 0.770. The van der Waals surface area contributed by atoms with Crippen LogP contribution >= 0.6 is 0 Å². The van der Waals surface area contributed by atoms with Crippen molar-refractivity contribution < 1.29 is 9.53 Å². The monoisotopic (exact) mass is 264 g/mol. The number of anilines is 1. The van der Waals surface area contributed by atoms with Crippen molar-refractivity contribution in [3.63, 3.8) is 0 Å². The highest BCUT2D eigenvalue weighted by molar-refractivity contribution is 5.76. The van der Waals surface area contributed by atoms with Gasteiger partial charge in [0.15, 0.2) is 0 Å². The number of hydrogen-bond acceptors (Lipinski definition) is 3. The number of rotatable bonds is 7. The number of nitrogen functional groups attached to an aromatic ring is 1. The van der Waals surface area contributed by atoms with E-state index in [1.807, 2.05) is 43.0 Å². The van der Waals surface area contributed by atoms with E-state index in [9.17, 15) is 4.79 Å². The highest BCUT2D eigenvalue weighted by Crippen LogP contribution is 2.14. The summed E-state index contributed by atoms with van der Waals surface area (Å²) < 4.78 is 5.16. The number of amides is 1. The number of hydrogen-bond donors (Lipinski definition) is 1. The zero-order valence-corrected chi connectivity index (χ0v) is 12.1. The van der Waals surface area contributed by atoms with Crippen LogP contribution in [0.1, 0.15) is 32.3 Å². The lowest BCUT2D eigenvalue weighted by molar-refractivity contribution is -0.132. The van der Waals surface area contributed by atoms with E-state index in [0.717, 1.165) is 17.7 Å². The summed E-state index contributed by atoms with van der Waals surface area (Å²) in [5.74, 6) is 0.148. The minimum Gasteiger partial charge on any atom is -0.398 e. The molecule has 1 aromatic rings. The number of ether oxygens (including phenoxy) is 1. The molecule has 0 fully saturated rings. The van der Waals surface area contributed by atoms with Gasteiger partial charge in [0.05, 0.1) is 6.10 Å². The van der Waals surface area contributed by atoms with Crippen molar-refractivity contribution in [2.45, 2.75) is 39.3 Å². The first kappa shape index (κ1) is 15.5. The zero-order valence-electron chi connectivity index (χ0n) is 12.1. The van der Waals surface area contributed by atoms with Crippen molar-refractivity contribution in [3.05, 3.63) is 29.8 Å². The lowest BCUT2D eigenvalue weighted by atomic mass is 10.1. The Morgan fingerprint density at radius 2 is 2.11 bits per heavy atom. The van der Waals surface area contributed by atoms with Gasteiger partial charge in [-0.2, -0.15) is 0 Å². The molecule has 1 amide bonds. The summed E-state index contributed by atoms with van der Waals surface area (Å²) in [6.07, 6.45) is 1.37. The van der Waals surface area contributed by atoms with E-state index in [1.165, 1.54) is 0 Å². The molecule has 19 heavy (non-hydrogen) atoms. The van der Waals surface area contributed by atoms with Gasteiger partial charge in [0.1, 0.15) is 0 Å². The van der Waals surface area contributed by atoms with Crippen molar-refractivity contribution in [1.29, 1.82) is 0 Å². The van der Waals surface area contributed by atoms with Gasteiger partial charge >= 0.3 is 0 Å². The molecule has 4 heteroatoms. The normalized spacial score (nSPS) is 12.2. The Morgan fingerprint density at radius 1 is 1.42 bits per heavy atom. The third-order valence-electron chi connectivity index (χ3n) is 3.32. The number of benzene rings is 1. The molecule has 0 heterocycles. The van der Waals surface area contributed by atoms with Crippen LogP contribution in [0.2, 0.25) is 0 Å². The molecule has 0 aliphatic carbocycles. The standard InChI is InChI=1S/C15H24N2O2/c1-4-17(15(18)10-9-12(2)19-3)11-13-7-5-6-8-14(13)16/h5-8,12H,4,9-11,16H2,1-3H3. The van der Waals surface area contributed by atoms with Gasteiger partial charge in [0.2, 0.25) is 5.91 Å². The fraction of sp³-hybridized carbons (Fsp3) is 0.533. The van der Waals surface area contributed by atoms with Crippen molar-refractivity contribution in [1.82, 2.24) is 4.90 Å². The molecule has 106 valence electrons. The third kappa shape index (κ3) is 4.91. The topological polar surface area (TPSA) is 55.6 Å². The number of methoxy groups -OCH3 is 1. The van der Waals surface area contributed by atoms with Crippen molar-refractivity contribution in [3.8, 4) is 0 Å². The molecule has 0 saturated heterocycles. The van der Waals surface area contributed by atoms with Crippen LogP contribution in [0.15, 0.2) is 24.3 Å². The molecule has 0 aliphatic heterocycles.